The molecule has 0 bridgehead atoms. The fourth-order valence-corrected chi connectivity index (χ4v) is 5.17. The minimum Gasteiger partial charge on any atom is -0.431 e. The lowest BCUT2D eigenvalue weighted by atomic mass is 9.79. The molecule has 3 aromatic rings. The van der Waals surface area contributed by atoms with E-state index < -0.39 is 5.60 Å². The second kappa shape index (κ2) is 8.07. The zero-order valence-electron chi connectivity index (χ0n) is 16.9. The van der Waals surface area contributed by atoms with Crippen LogP contribution in [0.1, 0.15) is 16.0 Å². The van der Waals surface area contributed by atoms with Crippen molar-refractivity contribution in [1.29, 1.82) is 0 Å². The van der Waals surface area contributed by atoms with Crippen LogP contribution in [0.2, 0.25) is 0 Å². The lowest BCUT2D eigenvalue weighted by molar-refractivity contribution is 0.0511. The summed E-state index contributed by atoms with van der Waals surface area (Å²) in [7, 11) is 0. The number of amides is 3. The van der Waals surface area contributed by atoms with E-state index in [1.54, 1.807) is 21.1 Å². The molecule has 158 valence electrons. The number of fused-ring (bicyclic) bond motifs is 1. The highest BCUT2D eigenvalue weighted by atomic mass is 32.1. The van der Waals surface area contributed by atoms with Gasteiger partial charge in [-0.1, -0.05) is 66.7 Å². The van der Waals surface area contributed by atoms with E-state index >= 15 is 0 Å². The maximum atomic E-state index is 12.9. The summed E-state index contributed by atoms with van der Waals surface area (Å²) >= 11 is 1.62. The molecule has 1 N–H and O–H groups in total. The first kappa shape index (κ1) is 19.6. The maximum absolute atomic E-state index is 12.9. The van der Waals surface area contributed by atoms with Gasteiger partial charge in [0.05, 0.1) is 6.54 Å². The van der Waals surface area contributed by atoms with Crippen molar-refractivity contribution in [1.82, 2.24) is 15.1 Å². The largest absolute Gasteiger partial charge is 0.431 e. The fourth-order valence-electron chi connectivity index (χ4n) is 4.53. The van der Waals surface area contributed by atoms with Crippen molar-refractivity contribution in [2.45, 2.75) is 18.2 Å². The van der Waals surface area contributed by atoms with Crippen LogP contribution < -0.4 is 5.32 Å². The molecular formula is C24H23N3O3S. The smallest absolute Gasteiger partial charge is 0.411 e. The number of cyclic esters (lactones) is 1. The van der Waals surface area contributed by atoms with E-state index in [-0.39, 0.29) is 18.2 Å². The molecule has 0 saturated carbocycles. The number of hydrogen-bond acceptors (Lipinski definition) is 4. The molecule has 6 nitrogen and oxygen atoms in total. The minimum absolute atomic E-state index is 0.123. The van der Waals surface area contributed by atoms with Crippen LogP contribution in [-0.2, 0) is 16.9 Å². The molecular weight excluding hydrogens is 410 g/mol. The summed E-state index contributed by atoms with van der Waals surface area (Å²) in [5.41, 5.74) is 0.845. The van der Waals surface area contributed by atoms with Crippen molar-refractivity contribution >= 4 is 23.5 Å². The van der Waals surface area contributed by atoms with Gasteiger partial charge in [0.1, 0.15) is 6.04 Å². The Balaban J connectivity index is 1.47. The van der Waals surface area contributed by atoms with Crippen LogP contribution in [0.15, 0.2) is 78.2 Å². The lowest BCUT2D eigenvalue weighted by Gasteiger charge is -2.42. The number of rotatable bonds is 4. The molecule has 1 unspecified atom stereocenters. The predicted molar refractivity (Wildman–Crippen MR) is 119 cm³/mol. The van der Waals surface area contributed by atoms with Crippen LogP contribution in [0, 0.1) is 0 Å². The first-order valence-corrected chi connectivity index (χ1v) is 11.2. The van der Waals surface area contributed by atoms with Crippen molar-refractivity contribution in [3.63, 3.8) is 0 Å². The third-order valence-electron chi connectivity index (χ3n) is 6.02. The van der Waals surface area contributed by atoms with Gasteiger partial charge in [0.15, 0.2) is 5.60 Å². The average molecular weight is 434 g/mol. The maximum Gasteiger partial charge on any atom is 0.411 e. The first-order valence-electron chi connectivity index (χ1n) is 10.3. The Hall–Kier alpha value is -3.32. The van der Waals surface area contributed by atoms with Gasteiger partial charge in [-0.15, -0.1) is 11.3 Å². The summed E-state index contributed by atoms with van der Waals surface area (Å²) in [5, 5.41) is 5.00. The standard InChI is InChI=1S/C24H23N3O3S/c28-22(25-16-20-12-7-15-31-20)26-13-14-27-21(17-26)24(30-23(27)29,18-8-3-1-4-9-18)19-10-5-2-6-11-19/h1-12,15,21H,13-14,16-17H2,(H,25,28). The Morgan fingerprint density at radius 3 is 2.29 bits per heavy atom. The molecule has 5 rings (SSSR count). The van der Waals surface area contributed by atoms with Crippen LogP contribution in [0.5, 0.6) is 0 Å². The number of nitrogens with zero attached hydrogens (tertiary/aromatic N) is 2. The van der Waals surface area contributed by atoms with E-state index in [9.17, 15) is 9.59 Å². The summed E-state index contributed by atoms with van der Waals surface area (Å²) < 4.78 is 6.15. The SMILES string of the molecule is O=C(NCc1cccs1)N1CCN2C(=O)OC(c3ccccc3)(c3ccccc3)C2C1. The molecule has 0 radical (unpaired) electrons. The molecule has 1 atom stereocenters. The number of thiophene rings is 1. The number of urea groups is 1. The van der Waals surface area contributed by atoms with Crippen LogP contribution in [-0.4, -0.2) is 47.6 Å². The van der Waals surface area contributed by atoms with Gasteiger partial charge in [-0.3, -0.25) is 4.90 Å². The van der Waals surface area contributed by atoms with Gasteiger partial charge in [0.25, 0.3) is 0 Å². The van der Waals surface area contributed by atoms with Gasteiger partial charge < -0.3 is 15.0 Å². The topological polar surface area (TPSA) is 61.9 Å². The second-order valence-corrected chi connectivity index (χ2v) is 8.76. The van der Waals surface area contributed by atoms with E-state index in [2.05, 4.69) is 5.32 Å². The molecule has 31 heavy (non-hydrogen) atoms. The molecule has 2 aliphatic heterocycles. The quantitative estimate of drug-likeness (QED) is 0.676. The molecule has 0 aliphatic carbocycles. The fraction of sp³-hybridized carbons (Fsp3) is 0.250. The molecule has 2 aliphatic rings. The van der Waals surface area contributed by atoms with Crippen LogP contribution in [0.25, 0.3) is 0 Å². The summed E-state index contributed by atoms with van der Waals surface area (Å²) in [5.74, 6) is 0. The van der Waals surface area contributed by atoms with Crippen molar-refractivity contribution in [3.8, 4) is 0 Å². The molecule has 2 fully saturated rings. The Kier molecular flexibility index (Phi) is 5.11. The average Bonchev–Trinajstić information content (AvgIpc) is 3.45. The number of hydrogen-bond donors (Lipinski definition) is 1. The molecule has 3 amide bonds. The van der Waals surface area contributed by atoms with Crippen molar-refractivity contribution in [2.75, 3.05) is 19.6 Å². The van der Waals surface area contributed by atoms with Crippen LogP contribution in [0.4, 0.5) is 9.59 Å². The van der Waals surface area contributed by atoms with Crippen molar-refractivity contribution in [3.05, 3.63) is 94.2 Å². The van der Waals surface area contributed by atoms with E-state index in [4.69, 9.17) is 4.74 Å². The molecule has 2 saturated heterocycles. The zero-order chi connectivity index (χ0) is 21.3. The van der Waals surface area contributed by atoms with Crippen molar-refractivity contribution < 1.29 is 14.3 Å². The number of piperazine rings is 1. The Bertz CT molecular complexity index is 1020. The summed E-state index contributed by atoms with van der Waals surface area (Å²) in [6, 6.07) is 23.2. The van der Waals surface area contributed by atoms with Gasteiger partial charge in [0.2, 0.25) is 0 Å². The molecule has 1 aromatic heterocycles. The first-order chi connectivity index (χ1) is 15.2. The molecule has 2 aromatic carbocycles. The van der Waals surface area contributed by atoms with Gasteiger partial charge >= 0.3 is 12.1 Å². The minimum atomic E-state index is -0.966. The number of carbonyl (C=O) groups is 2. The highest BCUT2D eigenvalue weighted by molar-refractivity contribution is 7.09. The van der Waals surface area contributed by atoms with E-state index in [1.807, 2.05) is 78.2 Å². The molecule has 3 heterocycles. The molecule has 0 spiro atoms. The Labute approximate surface area is 185 Å². The summed E-state index contributed by atoms with van der Waals surface area (Å²) in [4.78, 5) is 30.5. The molecule has 7 heteroatoms. The van der Waals surface area contributed by atoms with Gasteiger partial charge in [-0.25, -0.2) is 9.59 Å². The van der Waals surface area contributed by atoms with Gasteiger partial charge in [0, 0.05) is 35.6 Å². The Morgan fingerprint density at radius 2 is 1.68 bits per heavy atom. The second-order valence-electron chi connectivity index (χ2n) is 7.73. The van der Waals surface area contributed by atoms with E-state index in [0.717, 1.165) is 16.0 Å². The van der Waals surface area contributed by atoms with Gasteiger partial charge in [-0.2, -0.15) is 0 Å². The predicted octanol–water partition coefficient (Wildman–Crippen LogP) is 4.04. The lowest BCUT2D eigenvalue weighted by Crippen LogP contribution is -2.59. The normalized spacial score (nSPS) is 19.6. The number of benzene rings is 2. The zero-order valence-corrected chi connectivity index (χ0v) is 17.8. The number of carbonyl (C=O) groups excluding carboxylic acids is 2. The van der Waals surface area contributed by atoms with Gasteiger partial charge in [-0.05, 0) is 11.4 Å². The third kappa shape index (κ3) is 3.45. The third-order valence-corrected chi connectivity index (χ3v) is 6.90. The Morgan fingerprint density at radius 1 is 1.00 bits per heavy atom. The van der Waals surface area contributed by atoms with E-state index in [1.165, 1.54) is 0 Å². The summed E-state index contributed by atoms with van der Waals surface area (Å²) in [6.45, 7) is 1.81. The van der Waals surface area contributed by atoms with Crippen LogP contribution in [0.3, 0.4) is 0 Å². The highest BCUT2D eigenvalue weighted by Crippen LogP contribution is 2.45. The van der Waals surface area contributed by atoms with E-state index in [0.29, 0.717) is 26.2 Å². The van der Waals surface area contributed by atoms with Crippen molar-refractivity contribution in [2.24, 2.45) is 0 Å². The number of ether oxygens (including phenoxy) is 1. The monoisotopic (exact) mass is 433 g/mol. The number of nitrogens with one attached hydrogen (secondary N) is 1. The highest BCUT2D eigenvalue weighted by Gasteiger charge is 2.58. The summed E-state index contributed by atoms with van der Waals surface area (Å²) in [6.07, 6.45) is -0.337. The van der Waals surface area contributed by atoms with Crippen LogP contribution >= 0.6 is 11.3 Å².